The average Bonchev–Trinajstić information content (AvgIpc) is 2.91. The van der Waals surface area contributed by atoms with Gasteiger partial charge in [0.25, 0.3) is 5.88 Å². The number of rotatable bonds is 6. The van der Waals surface area contributed by atoms with Crippen molar-refractivity contribution in [3.05, 3.63) is 38.3 Å². The minimum absolute atomic E-state index is 0.0469. The van der Waals surface area contributed by atoms with Crippen molar-refractivity contribution in [2.45, 2.75) is 19.9 Å². The summed E-state index contributed by atoms with van der Waals surface area (Å²) in [4.78, 5) is 19.4. The Labute approximate surface area is 119 Å². The van der Waals surface area contributed by atoms with Crippen molar-refractivity contribution in [2.24, 2.45) is 0 Å². The molecule has 1 N–H and O–H groups in total. The minimum atomic E-state index is -0.545. The molecule has 0 saturated heterocycles. The third kappa shape index (κ3) is 2.85. The topological polar surface area (TPSA) is 90.2 Å². The van der Waals surface area contributed by atoms with Crippen molar-refractivity contribution in [3.63, 3.8) is 0 Å². The van der Waals surface area contributed by atoms with E-state index in [0.29, 0.717) is 6.54 Å². The second kappa shape index (κ2) is 6.29. The molecule has 2 heterocycles. The first-order valence-electron chi connectivity index (χ1n) is 5.99. The van der Waals surface area contributed by atoms with E-state index in [1.165, 1.54) is 19.0 Å². The number of aryl methyl sites for hydroxylation is 1. The molecular formula is C12H14N4O3S. The van der Waals surface area contributed by atoms with E-state index >= 15 is 0 Å². The fourth-order valence-corrected chi connectivity index (χ4v) is 2.72. The predicted molar refractivity (Wildman–Crippen MR) is 76.3 cm³/mol. The standard InChI is InChI=1S/C12H14N4O3S/c1-3-8-4-5-20-9(8)6-13-11-10(16(17)18)12(19-2)15-7-14-11/h4-5,7H,3,6H2,1-2H3,(H,13,14,15). The summed E-state index contributed by atoms with van der Waals surface area (Å²) in [7, 11) is 1.34. The molecule has 0 aliphatic carbocycles. The molecule has 0 amide bonds. The van der Waals surface area contributed by atoms with Crippen LogP contribution >= 0.6 is 11.3 Å². The zero-order chi connectivity index (χ0) is 14.5. The molecule has 0 atom stereocenters. The summed E-state index contributed by atoms with van der Waals surface area (Å²) in [6.45, 7) is 2.56. The van der Waals surface area contributed by atoms with Gasteiger partial charge in [0.05, 0.1) is 18.6 Å². The molecule has 0 saturated carbocycles. The molecule has 0 bridgehead atoms. The van der Waals surface area contributed by atoms with Crippen molar-refractivity contribution in [1.29, 1.82) is 0 Å². The Kier molecular flexibility index (Phi) is 4.46. The van der Waals surface area contributed by atoms with E-state index in [1.807, 2.05) is 5.38 Å². The number of nitrogens with one attached hydrogen (secondary N) is 1. The number of nitrogens with zero attached hydrogens (tertiary/aromatic N) is 3. The van der Waals surface area contributed by atoms with Crippen LogP contribution < -0.4 is 10.1 Å². The summed E-state index contributed by atoms with van der Waals surface area (Å²) in [6.07, 6.45) is 2.17. The van der Waals surface area contributed by atoms with Gasteiger partial charge in [0, 0.05) is 4.88 Å². The largest absolute Gasteiger partial charge is 0.476 e. The van der Waals surface area contributed by atoms with Crippen LogP contribution in [0.5, 0.6) is 5.88 Å². The molecule has 2 aromatic rings. The van der Waals surface area contributed by atoms with Crippen LogP contribution in [0.15, 0.2) is 17.8 Å². The van der Waals surface area contributed by atoms with Gasteiger partial charge in [-0.2, -0.15) is 4.98 Å². The first kappa shape index (κ1) is 14.2. The Morgan fingerprint density at radius 2 is 2.30 bits per heavy atom. The minimum Gasteiger partial charge on any atom is -0.476 e. The number of nitro groups is 1. The molecule has 0 unspecified atom stereocenters. The first-order valence-corrected chi connectivity index (χ1v) is 6.87. The fraction of sp³-hybridized carbons (Fsp3) is 0.333. The Balaban J connectivity index is 2.23. The van der Waals surface area contributed by atoms with Crippen LogP contribution in [0.4, 0.5) is 11.5 Å². The van der Waals surface area contributed by atoms with Crippen LogP contribution in [0.2, 0.25) is 0 Å². The van der Waals surface area contributed by atoms with Crippen LogP contribution in [-0.4, -0.2) is 22.0 Å². The smallest absolute Gasteiger partial charge is 0.372 e. The van der Waals surface area contributed by atoms with E-state index in [4.69, 9.17) is 4.74 Å². The molecule has 0 spiro atoms. The number of hydrogen-bond acceptors (Lipinski definition) is 7. The number of aromatic nitrogens is 2. The van der Waals surface area contributed by atoms with E-state index in [1.54, 1.807) is 11.3 Å². The van der Waals surface area contributed by atoms with Gasteiger partial charge in [-0.25, -0.2) is 4.98 Å². The predicted octanol–water partition coefficient (Wildman–Crippen LogP) is 2.63. The maximum atomic E-state index is 11.1. The van der Waals surface area contributed by atoms with Gasteiger partial charge in [-0.15, -0.1) is 11.3 Å². The SMILES string of the molecule is CCc1ccsc1CNc1ncnc(OC)c1[N+](=O)[O-]. The third-order valence-electron chi connectivity index (χ3n) is 2.80. The highest BCUT2D eigenvalue weighted by Crippen LogP contribution is 2.31. The summed E-state index contributed by atoms with van der Waals surface area (Å²) in [5.41, 5.74) is 0.982. The highest BCUT2D eigenvalue weighted by Gasteiger charge is 2.23. The molecule has 0 fully saturated rings. The highest BCUT2D eigenvalue weighted by atomic mass is 32.1. The Morgan fingerprint density at radius 3 is 2.95 bits per heavy atom. The highest BCUT2D eigenvalue weighted by molar-refractivity contribution is 7.10. The molecule has 0 radical (unpaired) electrons. The lowest BCUT2D eigenvalue weighted by Gasteiger charge is -2.07. The van der Waals surface area contributed by atoms with Crippen LogP contribution in [0.3, 0.4) is 0 Å². The molecule has 0 aliphatic rings. The Hall–Kier alpha value is -2.22. The molecule has 8 heteroatoms. The maximum absolute atomic E-state index is 11.1. The monoisotopic (exact) mass is 294 g/mol. The quantitative estimate of drug-likeness (QED) is 0.650. The third-order valence-corrected chi connectivity index (χ3v) is 3.76. The molecular weight excluding hydrogens is 280 g/mol. The number of anilines is 1. The van der Waals surface area contributed by atoms with Crippen molar-refractivity contribution >= 4 is 22.8 Å². The molecule has 2 rings (SSSR count). The summed E-state index contributed by atoms with van der Waals surface area (Å²) < 4.78 is 4.90. The van der Waals surface area contributed by atoms with Gasteiger partial charge in [-0.1, -0.05) is 6.92 Å². The first-order chi connectivity index (χ1) is 9.67. The van der Waals surface area contributed by atoms with Crippen LogP contribution in [0, 0.1) is 10.1 Å². The number of hydrogen-bond donors (Lipinski definition) is 1. The molecule has 20 heavy (non-hydrogen) atoms. The van der Waals surface area contributed by atoms with Crippen molar-refractivity contribution in [3.8, 4) is 5.88 Å². The van der Waals surface area contributed by atoms with Crippen molar-refractivity contribution in [2.75, 3.05) is 12.4 Å². The van der Waals surface area contributed by atoms with E-state index in [2.05, 4.69) is 28.3 Å². The van der Waals surface area contributed by atoms with Crippen LogP contribution in [-0.2, 0) is 13.0 Å². The van der Waals surface area contributed by atoms with E-state index in [9.17, 15) is 10.1 Å². The summed E-state index contributed by atoms with van der Waals surface area (Å²) >= 11 is 1.61. The Morgan fingerprint density at radius 1 is 1.50 bits per heavy atom. The zero-order valence-corrected chi connectivity index (χ0v) is 11.9. The van der Waals surface area contributed by atoms with E-state index in [-0.39, 0.29) is 17.4 Å². The van der Waals surface area contributed by atoms with Crippen molar-refractivity contribution < 1.29 is 9.66 Å². The van der Waals surface area contributed by atoms with Gasteiger partial charge >= 0.3 is 5.69 Å². The Bertz CT molecular complexity index is 614. The van der Waals surface area contributed by atoms with Crippen molar-refractivity contribution in [1.82, 2.24) is 9.97 Å². The molecule has 0 aliphatic heterocycles. The van der Waals surface area contributed by atoms with Gasteiger partial charge in [0.2, 0.25) is 5.82 Å². The van der Waals surface area contributed by atoms with Gasteiger partial charge in [0.15, 0.2) is 0 Å². The summed E-state index contributed by atoms with van der Waals surface area (Å²) in [5, 5.41) is 16.1. The molecule has 0 aromatic carbocycles. The lowest BCUT2D eigenvalue weighted by atomic mass is 10.2. The van der Waals surface area contributed by atoms with Gasteiger partial charge in [-0.3, -0.25) is 10.1 Å². The summed E-state index contributed by atoms with van der Waals surface area (Å²) in [5.74, 6) is 0.117. The maximum Gasteiger partial charge on any atom is 0.372 e. The van der Waals surface area contributed by atoms with Gasteiger partial charge in [0.1, 0.15) is 6.33 Å². The van der Waals surface area contributed by atoms with Gasteiger partial charge in [-0.05, 0) is 23.4 Å². The number of thiophene rings is 1. The lowest BCUT2D eigenvalue weighted by molar-refractivity contribution is -0.385. The van der Waals surface area contributed by atoms with E-state index in [0.717, 1.165) is 11.3 Å². The normalized spacial score (nSPS) is 10.3. The number of methoxy groups -OCH3 is 1. The van der Waals surface area contributed by atoms with Crippen LogP contribution in [0.1, 0.15) is 17.4 Å². The van der Waals surface area contributed by atoms with Gasteiger partial charge < -0.3 is 10.1 Å². The molecule has 106 valence electrons. The lowest BCUT2D eigenvalue weighted by Crippen LogP contribution is -2.07. The second-order valence-corrected chi connectivity index (χ2v) is 4.91. The van der Waals surface area contributed by atoms with Crippen LogP contribution in [0.25, 0.3) is 0 Å². The van der Waals surface area contributed by atoms with E-state index < -0.39 is 4.92 Å². The molecule has 2 aromatic heterocycles. The zero-order valence-electron chi connectivity index (χ0n) is 11.1. The fourth-order valence-electron chi connectivity index (χ4n) is 1.81. The number of ether oxygens (including phenoxy) is 1. The second-order valence-electron chi connectivity index (χ2n) is 3.91. The molecule has 7 nitrogen and oxygen atoms in total. The summed E-state index contributed by atoms with van der Waals surface area (Å²) in [6, 6.07) is 2.05. The average molecular weight is 294 g/mol.